The van der Waals surface area contributed by atoms with E-state index in [4.69, 9.17) is 4.74 Å². The van der Waals surface area contributed by atoms with Gasteiger partial charge in [-0.15, -0.1) is 5.10 Å². The summed E-state index contributed by atoms with van der Waals surface area (Å²) in [6.07, 6.45) is 7.06. The van der Waals surface area contributed by atoms with Gasteiger partial charge in [0.15, 0.2) is 6.61 Å². The fourth-order valence-corrected chi connectivity index (χ4v) is 5.56. The molecule has 5 aromatic rings. The second-order valence-electron chi connectivity index (χ2n) is 10.6. The van der Waals surface area contributed by atoms with Crippen LogP contribution < -0.4 is 10.1 Å². The lowest BCUT2D eigenvalue weighted by atomic mass is 9.89. The second kappa shape index (κ2) is 12.6. The molecule has 2 atom stereocenters. The predicted octanol–water partition coefficient (Wildman–Crippen LogP) is 7.96. The maximum atomic E-state index is 12.8. The monoisotopic (exact) mass is 551 g/mol. The zero-order valence-electron chi connectivity index (χ0n) is 23.5. The summed E-state index contributed by atoms with van der Waals surface area (Å²) in [5, 5.41) is 10.4. The lowest BCUT2D eigenvalue weighted by Gasteiger charge is -2.15. The number of aromatic amines is 1. The van der Waals surface area contributed by atoms with E-state index < -0.39 is 0 Å². The van der Waals surface area contributed by atoms with E-state index >= 15 is 0 Å². The van der Waals surface area contributed by atoms with Gasteiger partial charge in [-0.3, -0.25) is 9.89 Å². The predicted molar refractivity (Wildman–Crippen MR) is 168 cm³/mol. The molecule has 0 saturated heterocycles. The van der Waals surface area contributed by atoms with Crippen molar-refractivity contribution in [1.29, 1.82) is 0 Å². The quantitative estimate of drug-likeness (QED) is 0.195. The van der Waals surface area contributed by atoms with E-state index in [1.54, 1.807) is 6.20 Å². The Hall–Kier alpha value is -5.16. The van der Waals surface area contributed by atoms with Gasteiger partial charge in [0.1, 0.15) is 0 Å². The molecule has 42 heavy (non-hydrogen) atoms. The molecule has 2 unspecified atom stereocenters. The summed E-state index contributed by atoms with van der Waals surface area (Å²) in [7, 11) is 0. The highest BCUT2D eigenvalue weighted by molar-refractivity contribution is 5.85. The number of rotatable bonds is 9. The minimum Gasteiger partial charge on any atom is -0.466 e. The molecule has 1 aliphatic carbocycles. The molecule has 0 bridgehead atoms. The first-order valence-corrected chi connectivity index (χ1v) is 14.3. The maximum absolute atomic E-state index is 12.8. The summed E-state index contributed by atoms with van der Waals surface area (Å²) in [5.41, 5.74) is 8.66. The summed E-state index contributed by atoms with van der Waals surface area (Å²) in [4.78, 5) is 12.8. The highest BCUT2D eigenvalue weighted by atomic mass is 16.5. The molecule has 1 aromatic heterocycles. The second-order valence-corrected chi connectivity index (χ2v) is 10.6. The Morgan fingerprint density at radius 3 is 2.19 bits per heavy atom. The van der Waals surface area contributed by atoms with E-state index in [2.05, 4.69) is 77.0 Å². The van der Waals surface area contributed by atoms with Gasteiger partial charge >= 0.3 is 0 Å². The number of carbonyl (C=O) groups is 1. The summed E-state index contributed by atoms with van der Waals surface area (Å²) in [5.74, 6) is 0.725. The fraction of sp³-hybridized carbons (Fsp3) is 0.135. The van der Waals surface area contributed by atoms with Crippen LogP contribution in [0.4, 0.5) is 0 Å². The van der Waals surface area contributed by atoms with Crippen molar-refractivity contribution in [3.05, 3.63) is 156 Å². The van der Waals surface area contributed by atoms with Gasteiger partial charge in [-0.05, 0) is 41.7 Å². The average molecular weight is 552 g/mol. The number of nitrogens with one attached hydrogen (secondary N) is 2. The van der Waals surface area contributed by atoms with Gasteiger partial charge in [0.2, 0.25) is 5.88 Å². The van der Waals surface area contributed by atoms with Gasteiger partial charge in [0.25, 0.3) is 5.91 Å². The van der Waals surface area contributed by atoms with Crippen LogP contribution >= 0.6 is 0 Å². The topological polar surface area (TPSA) is 67.0 Å². The zero-order valence-corrected chi connectivity index (χ0v) is 23.5. The third-order valence-electron chi connectivity index (χ3n) is 7.71. The minimum absolute atomic E-state index is 0.156. The van der Waals surface area contributed by atoms with Crippen LogP contribution in [0.3, 0.4) is 0 Å². The molecule has 0 radical (unpaired) electrons. The van der Waals surface area contributed by atoms with Crippen LogP contribution in [-0.4, -0.2) is 22.7 Å². The van der Waals surface area contributed by atoms with E-state index in [1.807, 2.05) is 72.8 Å². The first-order valence-electron chi connectivity index (χ1n) is 14.3. The number of nitrogens with zero attached hydrogens (tertiary/aromatic N) is 1. The molecule has 5 heteroatoms. The molecule has 5 nitrogen and oxygen atoms in total. The lowest BCUT2D eigenvalue weighted by molar-refractivity contribution is -0.122. The largest absolute Gasteiger partial charge is 0.466 e. The number of aryl methyl sites for hydroxylation is 1. The third-order valence-corrected chi connectivity index (χ3v) is 7.71. The first kappa shape index (κ1) is 27.0. The molecule has 1 heterocycles. The number of hydrogen-bond acceptors (Lipinski definition) is 3. The van der Waals surface area contributed by atoms with Gasteiger partial charge in [0, 0.05) is 23.6 Å². The van der Waals surface area contributed by atoms with Crippen LogP contribution in [-0.2, 0) is 4.79 Å². The summed E-state index contributed by atoms with van der Waals surface area (Å²) in [6, 6.07) is 39.2. The van der Waals surface area contributed by atoms with Crippen LogP contribution in [0.25, 0.3) is 22.4 Å². The molecule has 1 amide bonds. The van der Waals surface area contributed by atoms with Crippen molar-refractivity contribution >= 4 is 5.91 Å². The van der Waals surface area contributed by atoms with Crippen LogP contribution in [0.1, 0.15) is 34.9 Å². The average Bonchev–Trinajstić information content (AvgIpc) is 3.67. The number of allylic oxidation sites excluding steroid dienone is 3. The molecule has 6 rings (SSSR count). The van der Waals surface area contributed by atoms with Crippen molar-refractivity contribution in [2.75, 3.05) is 6.61 Å². The number of amides is 1. The highest BCUT2D eigenvalue weighted by Crippen LogP contribution is 2.43. The Balaban J connectivity index is 1.16. The Labute approximate surface area is 246 Å². The van der Waals surface area contributed by atoms with Gasteiger partial charge in [-0.1, -0.05) is 127 Å². The highest BCUT2D eigenvalue weighted by Gasteiger charge is 2.27. The van der Waals surface area contributed by atoms with Gasteiger partial charge in [-0.2, -0.15) is 0 Å². The number of carbonyl (C=O) groups excluding carboxylic acids is 1. The van der Waals surface area contributed by atoms with Crippen molar-refractivity contribution in [3.63, 3.8) is 0 Å². The van der Waals surface area contributed by atoms with Crippen molar-refractivity contribution < 1.29 is 9.53 Å². The van der Waals surface area contributed by atoms with Crippen molar-refractivity contribution in [2.45, 2.75) is 25.2 Å². The fourth-order valence-electron chi connectivity index (χ4n) is 5.56. The molecule has 1 aliphatic rings. The Morgan fingerprint density at radius 2 is 1.50 bits per heavy atom. The van der Waals surface area contributed by atoms with Gasteiger partial charge in [0.05, 0.1) is 11.3 Å². The number of aromatic nitrogens is 2. The van der Waals surface area contributed by atoms with E-state index in [1.165, 1.54) is 22.3 Å². The lowest BCUT2D eigenvalue weighted by Crippen LogP contribution is -2.24. The zero-order chi connectivity index (χ0) is 28.7. The van der Waals surface area contributed by atoms with Crippen molar-refractivity contribution in [3.8, 4) is 28.3 Å². The van der Waals surface area contributed by atoms with Crippen LogP contribution in [0, 0.1) is 6.92 Å². The number of ether oxygens (including phenoxy) is 1. The van der Waals surface area contributed by atoms with Crippen molar-refractivity contribution in [2.24, 2.45) is 0 Å². The smallest absolute Gasteiger partial charge is 0.261 e. The number of H-pyrrole nitrogens is 1. The maximum Gasteiger partial charge on any atom is 0.261 e. The summed E-state index contributed by atoms with van der Waals surface area (Å²) < 4.78 is 5.95. The van der Waals surface area contributed by atoms with E-state index in [9.17, 15) is 4.79 Å². The number of benzene rings is 4. The standard InChI is InChI=1S/C37H33N3O2/c1-26-17-19-28(20-18-26)33-24-32(27-11-5-2-6-12-27)23-31(33)21-22-38-34(41)25-42-37-35(29-13-7-3-8-14-29)36(39-40-37)30-15-9-4-10-16-30/h2-23,32-33H,24-25H2,1H3,(H,38,41)(H,39,40). The van der Waals surface area contributed by atoms with Crippen molar-refractivity contribution in [1.82, 2.24) is 15.5 Å². The third kappa shape index (κ3) is 6.11. The molecule has 4 aromatic carbocycles. The van der Waals surface area contributed by atoms with Crippen LogP contribution in [0.15, 0.2) is 139 Å². The normalized spacial score (nSPS) is 16.4. The molecule has 0 fully saturated rings. The molecule has 0 spiro atoms. The van der Waals surface area contributed by atoms with Crippen LogP contribution in [0.2, 0.25) is 0 Å². The van der Waals surface area contributed by atoms with Gasteiger partial charge in [-0.25, -0.2) is 0 Å². The molecule has 0 aliphatic heterocycles. The number of hydrogen-bond donors (Lipinski definition) is 2. The first-order chi connectivity index (χ1) is 20.7. The molecule has 0 saturated carbocycles. The summed E-state index contributed by atoms with van der Waals surface area (Å²) in [6.45, 7) is 1.95. The van der Waals surface area contributed by atoms with Crippen LogP contribution in [0.5, 0.6) is 5.88 Å². The molecular weight excluding hydrogens is 518 g/mol. The Bertz CT molecular complexity index is 1690. The minimum atomic E-state index is -0.250. The van der Waals surface area contributed by atoms with E-state index in [0.29, 0.717) is 11.8 Å². The Kier molecular flexibility index (Phi) is 8.09. The molecule has 2 N–H and O–H groups in total. The van der Waals surface area contributed by atoms with Gasteiger partial charge < -0.3 is 10.1 Å². The molecular formula is C37H33N3O2. The van der Waals surface area contributed by atoms with E-state index in [-0.39, 0.29) is 18.4 Å². The Morgan fingerprint density at radius 1 is 0.857 bits per heavy atom. The molecule has 208 valence electrons. The van der Waals surface area contributed by atoms with E-state index in [0.717, 1.165) is 28.8 Å². The SMILES string of the molecule is Cc1ccc(C2CC(c3ccccc3)C=C2C=CNC(=O)COc2n[nH]c(-c3ccccc3)c2-c2ccccc2)cc1. The summed E-state index contributed by atoms with van der Waals surface area (Å²) >= 11 is 0.